The number of hydrogen-bond acceptors (Lipinski definition) is 21. The van der Waals surface area contributed by atoms with Crippen LogP contribution in [0, 0.1) is 50.2 Å². The van der Waals surface area contributed by atoms with Gasteiger partial charge in [0.2, 0.25) is 6.29 Å². The lowest BCUT2D eigenvalue weighted by atomic mass is 9.33. The van der Waals surface area contributed by atoms with E-state index in [1.54, 1.807) is 6.92 Å². The first-order valence-corrected chi connectivity index (χ1v) is 24.4. The molecule has 0 radical (unpaired) electrons. The van der Waals surface area contributed by atoms with Crippen molar-refractivity contribution in [1.29, 1.82) is 0 Å². The number of aliphatic hydroxyl groups excluding tert-OH is 11. The van der Waals surface area contributed by atoms with Gasteiger partial charge < -0.3 is 89.3 Å². The molecule has 0 spiro atoms. The van der Waals surface area contributed by atoms with Gasteiger partial charge in [0.15, 0.2) is 18.4 Å². The summed E-state index contributed by atoms with van der Waals surface area (Å²) in [5, 5.41) is 116. The van der Waals surface area contributed by atoms with Crippen molar-refractivity contribution in [2.45, 2.75) is 185 Å². The summed E-state index contributed by atoms with van der Waals surface area (Å²) in [7, 11) is 1.33. The largest absolute Gasteiger partial charge is 0.469 e. The van der Waals surface area contributed by atoms with Crippen LogP contribution in [0.1, 0.15) is 92.4 Å². The van der Waals surface area contributed by atoms with Crippen molar-refractivity contribution in [3.8, 4) is 0 Å². The van der Waals surface area contributed by atoms with Crippen LogP contribution < -0.4 is 0 Å². The number of esters is 2. The number of aliphatic hydroxyl groups is 11. The number of carbonyl (C=O) groups is 3. The highest BCUT2D eigenvalue weighted by Crippen LogP contribution is 2.76. The fourth-order valence-electron chi connectivity index (χ4n) is 14.9. The van der Waals surface area contributed by atoms with Crippen molar-refractivity contribution >= 4 is 17.7 Å². The fraction of sp³-hybridized carbons (Fsp3) is 0.896. The van der Waals surface area contributed by atoms with Gasteiger partial charge in [-0.25, -0.2) is 0 Å². The predicted octanol–water partition coefficient (Wildman–Crippen LogP) is -1.92. The van der Waals surface area contributed by atoms with E-state index in [1.165, 1.54) is 7.11 Å². The number of Topliss-reactive ketones (excluding diaryl/α,β-unsaturated/α-hetero) is 1. The van der Waals surface area contributed by atoms with E-state index in [2.05, 4.69) is 26.8 Å². The Labute approximate surface area is 400 Å². The van der Waals surface area contributed by atoms with Gasteiger partial charge in [-0.2, -0.15) is 0 Å². The third-order valence-corrected chi connectivity index (χ3v) is 19.3. The second-order valence-corrected chi connectivity index (χ2v) is 22.7. The Morgan fingerprint density at radius 3 is 1.90 bits per heavy atom. The molecule has 21 nitrogen and oxygen atoms in total. The van der Waals surface area contributed by atoms with Crippen molar-refractivity contribution in [1.82, 2.24) is 0 Å². The standard InChI is InChI=1S/C48H74O21/c1-43(41(61)63-6)11-13-48(42(62)69-40-36(60)33(57)30(54)25(18-50)66-40)14-12-46(4)21(22(48)15-43)7-8-28-44(2)16-23(52)37(45(3,20-51)27(44)9-10-47(28,46)5)68-38-34(58)31(55)26(19-64-38)67-39-35(59)32(56)29(53)24(17-49)65-39/h7,22,24-40,49-51,53-60H,8-20H2,1-6H3/t22-,24+,25+,26+,27+,28+,29+,30+,31-,32-,33-,34+,35+,36+,37-,38-,39-,40-,43-,44-,45-,46+,47+,48-/m0/s1. The zero-order valence-corrected chi connectivity index (χ0v) is 40.2. The molecule has 0 unspecified atom stereocenters. The number of ether oxygens (including phenoxy) is 7. The topological polar surface area (TPSA) is 338 Å². The third kappa shape index (κ3) is 8.08. The highest BCUT2D eigenvalue weighted by molar-refractivity contribution is 5.86. The molecule has 3 heterocycles. The Balaban J connectivity index is 1.04. The van der Waals surface area contributed by atoms with Crippen LogP contribution in [0.2, 0.25) is 0 Å². The summed E-state index contributed by atoms with van der Waals surface area (Å²) >= 11 is 0. The number of methoxy groups -OCH3 is 1. The SMILES string of the molecule is COC(=O)[C@@]1(C)CC[C@]2(C(=O)O[C@@H]3O[C@H](CO)[C@@H](O)[C@H](O)[C@H]3O)CC[C@]3(C)C(=CC[C@@H]4[C@@]5(C)CC(=O)[C@H](O[C@@H]6OC[C@@H](O[C@@H]7O[C@H](CO)[C@@H](O)[C@H](O)[C@H]7O)[C@H](O)[C@H]6O)[C@@](C)(CO)[C@@H]5CC[C@]43C)[C@@H]2C1. The summed E-state index contributed by atoms with van der Waals surface area (Å²) in [6.45, 7) is 7.82. The number of fused-ring (bicyclic) bond motifs is 7. The molecule has 5 aliphatic carbocycles. The average molecular weight is 987 g/mol. The summed E-state index contributed by atoms with van der Waals surface area (Å²) in [6, 6.07) is 0. The quantitative estimate of drug-likeness (QED) is 0.0646. The Bertz CT molecular complexity index is 1970. The number of carbonyl (C=O) groups excluding carboxylic acids is 3. The number of ketones is 1. The third-order valence-electron chi connectivity index (χ3n) is 19.3. The van der Waals surface area contributed by atoms with Crippen LogP contribution >= 0.6 is 0 Å². The van der Waals surface area contributed by atoms with E-state index < -0.39 is 169 Å². The maximum atomic E-state index is 14.8. The summed E-state index contributed by atoms with van der Waals surface area (Å²) in [5.41, 5.74) is -4.13. The van der Waals surface area contributed by atoms with Crippen LogP contribution in [0.25, 0.3) is 0 Å². The smallest absolute Gasteiger partial charge is 0.315 e. The van der Waals surface area contributed by atoms with E-state index in [1.807, 2.05) is 6.92 Å². The first kappa shape index (κ1) is 53.0. The van der Waals surface area contributed by atoms with Crippen LogP contribution in [0.15, 0.2) is 11.6 Å². The van der Waals surface area contributed by atoms with Gasteiger partial charge in [0, 0.05) is 11.8 Å². The molecule has 3 aliphatic heterocycles. The number of rotatable bonds is 10. The van der Waals surface area contributed by atoms with Crippen LogP contribution in [-0.4, -0.2) is 200 Å². The molecule has 8 aliphatic rings. The van der Waals surface area contributed by atoms with E-state index in [4.69, 9.17) is 33.2 Å². The molecule has 0 aromatic carbocycles. The van der Waals surface area contributed by atoms with E-state index in [0.29, 0.717) is 38.5 Å². The zero-order chi connectivity index (χ0) is 50.6. The lowest BCUT2D eigenvalue weighted by Gasteiger charge is -2.71. The van der Waals surface area contributed by atoms with Crippen molar-refractivity contribution in [3.05, 3.63) is 11.6 Å². The molecule has 24 atom stereocenters. The monoisotopic (exact) mass is 986 g/mol. The molecule has 0 bridgehead atoms. The molecule has 3 saturated heterocycles. The maximum Gasteiger partial charge on any atom is 0.315 e. The van der Waals surface area contributed by atoms with Gasteiger partial charge in [0.1, 0.15) is 73.2 Å². The molecule has 392 valence electrons. The van der Waals surface area contributed by atoms with Gasteiger partial charge >= 0.3 is 11.9 Å². The van der Waals surface area contributed by atoms with Crippen molar-refractivity contribution in [2.75, 3.05) is 33.5 Å². The van der Waals surface area contributed by atoms with E-state index in [-0.39, 0.29) is 36.9 Å². The molecule has 4 saturated carbocycles. The summed E-state index contributed by atoms with van der Waals surface area (Å²) in [6.07, 6.45) is -18.4. The Morgan fingerprint density at radius 2 is 1.29 bits per heavy atom. The average Bonchev–Trinajstić information content (AvgIpc) is 3.32. The molecule has 8 rings (SSSR count). The Kier molecular flexibility index (Phi) is 14.5. The van der Waals surface area contributed by atoms with E-state index in [9.17, 15) is 70.6 Å². The number of allylic oxidation sites excluding steroid dienone is 2. The molecule has 0 amide bonds. The summed E-state index contributed by atoms with van der Waals surface area (Å²) in [5.74, 6) is -2.40. The van der Waals surface area contributed by atoms with Crippen molar-refractivity contribution in [2.24, 2.45) is 50.2 Å². The molecule has 11 N–H and O–H groups in total. The van der Waals surface area contributed by atoms with Gasteiger partial charge in [-0.05, 0) is 92.3 Å². The maximum absolute atomic E-state index is 14.8. The minimum absolute atomic E-state index is 0.0465. The second-order valence-electron chi connectivity index (χ2n) is 22.7. The zero-order valence-electron chi connectivity index (χ0n) is 40.2. The van der Waals surface area contributed by atoms with Gasteiger partial charge in [0.05, 0.1) is 44.4 Å². The first-order valence-electron chi connectivity index (χ1n) is 24.4. The normalized spacial score (nSPS) is 53.1. The Morgan fingerprint density at radius 1 is 0.696 bits per heavy atom. The van der Waals surface area contributed by atoms with Gasteiger partial charge in [-0.3, -0.25) is 14.4 Å². The Hall–Kier alpha value is -2.29. The minimum Gasteiger partial charge on any atom is -0.469 e. The summed E-state index contributed by atoms with van der Waals surface area (Å²) in [4.78, 5) is 42.9. The van der Waals surface area contributed by atoms with Gasteiger partial charge in [-0.1, -0.05) is 39.3 Å². The van der Waals surface area contributed by atoms with Crippen LogP contribution in [0.4, 0.5) is 0 Å². The second kappa shape index (κ2) is 18.9. The number of hydrogen-bond donors (Lipinski definition) is 11. The molecular formula is C48H74O21. The van der Waals surface area contributed by atoms with Crippen LogP contribution in [0.5, 0.6) is 0 Å². The van der Waals surface area contributed by atoms with Crippen molar-refractivity contribution < 1.29 is 104 Å². The van der Waals surface area contributed by atoms with Gasteiger partial charge in [-0.15, -0.1) is 0 Å². The first-order chi connectivity index (χ1) is 32.4. The lowest BCUT2D eigenvalue weighted by molar-refractivity contribution is -0.349. The molecule has 7 fully saturated rings. The van der Waals surface area contributed by atoms with Gasteiger partial charge in [0.25, 0.3) is 0 Å². The highest BCUT2D eigenvalue weighted by atomic mass is 16.7. The van der Waals surface area contributed by atoms with E-state index in [0.717, 1.165) is 5.57 Å². The molecule has 69 heavy (non-hydrogen) atoms. The minimum atomic E-state index is -1.80. The molecule has 0 aromatic rings. The van der Waals surface area contributed by atoms with Crippen LogP contribution in [0.3, 0.4) is 0 Å². The van der Waals surface area contributed by atoms with Crippen LogP contribution in [-0.2, 0) is 47.5 Å². The fourth-order valence-corrected chi connectivity index (χ4v) is 14.9. The molecule has 21 heteroatoms. The summed E-state index contributed by atoms with van der Waals surface area (Å²) < 4.78 is 40.1. The highest BCUT2D eigenvalue weighted by Gasteiger charge is 2.72. The molecule has 0 aromatic heterocycles. The predicted molar refractivity (Wildman–Crippen MR) is 232 cm³/mol. The van der Waals surface area contributed by atoms with E-state index >= 15 is 0 Å². The molecular weight excluding hydrogens is 913 g/mol. The lowest BCUT2D eigenvalue weighted by Crippen LogP contribution is -2.69. The van der Waals surface area contributed by atoms with Crippen molar-refractivity contribution in [3.63, 3.8) is 0 Å².